The Morgan fingerprint density at radius 2 is 1.46 bits per heavy atom. The van der Waals surface area contributed by atoms with E-state index in [0.29, 0.717) is 18.0 Å². The maximum atomic E-state index is 13.5. The lowest BCUT2D eigenvalue weighted by atomic mass is 10.1. The molecule has 1 N–H and O–H groups in total. The number of benzene rings is 3. The Kier molecular flexibility index (Phi) is 8.76. The average Bonchev–Trinajstić information content (AvgIpc) is 2.81. The van der Waals surface area contributed by atoms with Gasteiger partial charge in [-0.05, 0) is 87.4 Å². The summed E-state index contributed by atoms with van der Waals surface area (Å²) < 4.78 is 39.2. The molecule has 0 aliphatic carbocycles. The maximum Gasteiger partial charge on any atom is 0.264 e. The molecule has 3 aromatic carbocycles. The molecule has 0 saturated heterocycles. The van der Waals surface area contributed by atoms with Crippen molar-refractivity contribution in [2.75, 3.05) is 30.6 Å². The molecule has 0 aliphatic heterocycles. The van der Waals surface area contributed by atoms with Crippen molar-refractivity contribution < 1.29 is 22.7 Å². The Bertz CT molecular complexity index is 1220. The number of hydrogen-bond acceptors (Lipinski definition) is 5. The van der Waals surface area contributed by atoms with Crippen LogP contribution in [0.5, 0.6) is 11.5 Å². The van der Waals surface area contributed by atoms with E-state index in [-0.39, 0.29) is 24.6 Å². The Morgan fingerprint density at radius 3 is 2.06 bits per heavy atom. The molecular weight excluding hydrogens is 464 g/mol. The molecule has 0 atom stereocenters. The van der Waals surface area contributed by atoms with E-state index in [1.165, 1.54) is 12.1 Å². The predicted octanol–water partition coefficient (Wildman–Crippen LogP) is 4.40. The van der Waals surface area contributed by atoms with Crippen molar-refractivity contribution in [1.82, 2.24) is 5.32 Å². The summed E-state index contributed by atoms with van der Waals surface area (Å²) in [5.74, 6) is 0.884. The van der Waals surface area contributed by atoms with Crippen LogP contribution in [0, 0.1) is 20.8 Å². The van der Waals surface area contributed by atoms with Crippen LogP contribution >= 0.6 is 0 Å². The standard InChI is InChI=1S/C27H32N2O5S/c1-5-33-24-10-12-26(13-11-24)35(31,32)29(23-8-6-20(2)7-9-23)19-27(30)28-14-15-34-25-17-21(3)16-22(4)18-25/h6-13,16-18H,5,14-15,19H2,1-4H3,(H,28,30). The van der Waals surface area contributed by atoms with Gasteiger partial charge in [-0.1, -0.05) is 23.8 Å². The Balaban J connectivity index is 1.71. The van der Waals surface area contributed by atoms with Crippen molar-refractivity contribution in [2.45, 2.75) is 32.6 Å². The fraction of sp³-hybridized carbons (Fsp3) is 0.296. The van der Waals surface area contributed by atoms with Crippen LogP contribution in [0.4, 0.5) is 5.69 Å². The van der Waals surface area contributed by atoms with E-state index in [4.69, 9.17) is 9.47 Å². The number of carbonyl (C=O) groups is 1. The fourth-order valence-electron chi connectivity index (χ4n) is 3.59. The molecule has 186 valence electrons. The second-order valence-electron chi connectivity index (χ2n) is 8.27. The van der Waals surface area contributed by atoms with Gasteiger partial charge < -0.3 is 14.8 Å². The molecule has 0 spiro atoms. The number of anilines is 1. The lowest BCUT2D eigenvalue weighted by Crippen LogP contribution is -2.41. The highest BCUT2D eigenvalue weighted by Gasteiger charge is 2.27. The molecule has 0 aromatic heterocycles. The van der Waals surface area contributed by atoms with Crippen LogP contribution in [0.1, 0.15) is 23.6 Å². The second-order valence-corrected chi connectivity index (χ2v) is 10.1. The van der Waals surface area contributed by atoms with E-state index < -0.39 is 15.9 Å². The summed E-state index contributed by atoms with van der Waals surface area (Å²) in [5.41, 5.74) is 3.58. The Hall–Kier alpha value is -3.52. The van der Waals surface area contributed by atoms with Crippen molar-refractivity contribution in [3.63, 3.8) is 0 Å². The third-order valence-corrected chi connectivity index (χ3v) is 7.01. The number of aryl methyl sites for hydroxylation is 3. The van der Waals surface area contributed by atoms with E-state index >= 15 is 0 Å². The van der Waals surface area contributed by atoms with Gasteiger partial charge >= 0.3 is 0 Å². The quantitative estimate of drug-likeness (QED) is 0.398. The summed E-state index contributed by atoms with van der Waals surface area (Å²) in [6, 6.07) is 19.1. The van der Waals surface area contributed by atoms with Crippen molar-refractivity contribution in [2.24, 2.45) is 0 Å². The van der Waals surface area contributed by atoms with Gasteiger partial charge in [-0.2, -0.15) is 0 Å². The summed E-state index contributed by atoms with van der Waals surface area (Å²) in [5, 5.41) is 2.75. The van der Waals surface area contributed by atoms with Crippen LogP contribution < -0.4 is 19.1 Å². The maximum absolute atomic E-state index is 13.5. The molecule has 35 heavy (non-hydrogen) atoms. The highest BCUT2D eigenvalue weighted by Crippen LogP contribution is 2.25. The van der Waals surface area contributed by atoms with Gasteiger partial charge in [0.1, 0.15) is 24.7 Å². The monoisotopic (exact) mass is 496 g/mol. The molecule has 0 unspecified atom stereocenters. The molecule has 7 nitrogen and oxygen atoms in total. The average molecular weight is 497 g/mol. The number of amides is 1. The molecule has 0 radical (unpaired) electrons. The van der Waals surface area contributed by atoms with Crippen molar-refractivity contribution >= 4 is 21.6 Å². The number of rotatable bonds is 11. The zero-order valence-electron chi connectivity index (χ0n) is 20.6. The number of nitrogens with zero attached hydrogens (tertiary/aromatic N) is 1. The third kappa shape index (κ3) is 7.23. The number of ether oxygens (including phenoxy) is 2. The summed E-state index contributed by atoms with van der Waals surface area (Å²) in [6.45, 7) is 8.39. The first kappa shape index (κ1) is 26.1. The van der Waals surface area contributed by atoms with Crippen LogP contribution in [0.25, 0.3) is 0 Å². The van der Waals surface area contributed by atoms with Gasteiger partial charge in [-0.15, -0.1) is 0 Å². The smallest absolute Gasteiger partial charge is 0.264 e. The van der Waals surface area contributed by atoms with Crippen molar-refractivity contribution in [3.8, 4) is 11.5 Å². The molecular formula is C27H32N2O5S. The van der Waals surface area contributed by atoms with Gasteiger partial charge in [-0.25, -0.2) is 8.42 Å². The summed E-state index contributed by atoms with van der Waals surface area (Å²) in [7, 11) is -3.99. The SMILES string of the molecule is CCOc1ccc(S(=O)(=O)N(CC(=O)NCCOc2cc(C)cc(C)c2)c2ccc(C)cc2)cc1. The zero-order valence-corrected chi connectivity index (χ0v) is 21.4. The number of sulfonamides is 1. The number of nitrogens with one attached hydrogen (secondary N) is 1. The lowest BCUT2D eigenvalue weighted by molar-refractivity contribution is -0.119. The topological polar surface area (TPSA) is 84.9 Å². The zero-order chi connectivity index (χ0) is 25.4. The van der Waals surface area contributed by atoms with Gasteiger partial charge in [0.15, 0.2) is 0 Å². The van der Waals surface area contributed by atoms with Gasteiger partial charge in [-0.3, -0.25) is 9.10 Å². The van der Waals surface area contributed by atoms with Crippen LogP contribution in [0.2, 0.25) is 0 Å². The van der Waals surface area contributed by atoms with Crippen molar-refractivity contribution in [3.05, 3.63) is 83.4 Å². The summed E-state index contributed by atoms with van der Waals surface area (Å²) >= 11 is 0. The first-order valence-corrected chi connectivity index (χ1v) is 12.9. The first-order chi connectivity index (χ1) is 16.7. The molecule has 1 amide bonds. The highest BCUT2D eigenvalue weighted by atomic mass is 32.2. The second kappa shape index (κ2) is 11.8. The van der Waals surface area contributed by atoms with E-state index in [1.807, 2.05) is 52.0 Å². The summed E-state index contributed by atoms with van der Waals surface area (Å²) in [4.78, 5) is 12.8. The van der Waals surface area contributed by atoms with E-state index in [1.54, 1.807) is 24.3 Å². The van der Waals surface area contributed by atoms with E-state index in [2.05, 4.69) is 11.4 Å². The van der Waals surface area contributed by atoms with Crippen LogP contribution in [0.15, 0.2) is 71.6 Å². The minimum atomic E-state index is -3.99. The van der Waals surface area contributed by atoms with Crippen LogP contribution in [0.3, 0.4) is 0 Å². The van der Waals surface area contributed by atoms with Gasteiger partial charge in [0.2, 0.25) is 5.91 Å². The molecule has 8 heteroatoms. The number of hydrogen-bond donors (Lipinski definition) is 1. The Labute approximate surface area is 207 Å². The van der Waals surface area contributed by atoms with Crippen molar-refractivity contribution in [1.29, 1.82) is 0 Å². The lowest BCUT2D eigenvalue weighted by Gasteiger charge is -2.24. The molecule has 0 saturated carbocycles. The highest BCUT2D eigenvalue weighted by molar-refractivity contribution is 7.92. The Morgan fingerprint density at radius 1 is 0.829 bits per heavy atom. The fourth-order valence-corrected chi connectivity index (χ4v) is 5.01. The van der Waals surface area contributed by atoms with Crippen LogP contribution in [-0.4, -0.2) is 40.6 Å². The first-order valence-electron chi connectivity index (χ1n) is 11.5. The van der Waals surface area contributed by atoms with Gasteiger partial charge in [0.25, 0.3) is 10.0 Å². The van der Waals surface area contributed by atoms with Gasteiger partial charge in [0, 0.05) is 0 Å². The molecule has 0 aliphatic rings. The van der Waals surface area contributed by atoms with Crippen LogP contribution in [-0.2, 0) is 14.8 Å². The largest absolute Gasteiger partial charge is 0.494 e. The third-order valence-electron chi connectivity index (χ3n) is 5.22. The molecule has 3 aromatic rings. The molecule has 3 rings (SSSR count). The molecule has 0 fully saturated rings. The molecule has 0 bridgehead atoms. The van der Waals surface area contributed by atoms with Gasteiger partial charge in [0.05, 0.1) is 23.7 Å². The predicted molar refractivity (Wildman–Crippen MR) is 138 cm³/mol. The number of carbonyl (C=O) groups excluding carboxylic acids is 1. The van der Waals surface area contributed by atoms with E-state index in [9.17, 15) is 13.2 Å². The summed E-state index contributed by atoms with van der Waals surface area (Å²) in [6.07, 6.45) is 0. The van der Waals surface area contributed by atoms with E-state index in [0.717, 1.165) is 26.7 Å². The normalized spacial score (nSPS) is 11.1. The molecule has 0 heterocycles. The minimum Gasteiger partial charge on any atom is -0.494 e. The minimum absolute atomic E-state index is 0.0764.